The van der Waals surface area contributed by atoms with E-state index in [1.807, 2.05) is 30.3 Å². The van der Waals surface area contributed by atoms with Gasteiger partial charge in [0.15, 0.2) is 0 Å². The van der Waals surface area contributed by atoms with Crippen molar-refractivity contribution < 1.29 is 0 Å². The smallest absolute Gasteiger partial charge is 0.0715 e. The highest BCUT2D eigenvalue weighted by Gasteiger charge is 2.06. The van der Waals surface area contributed by atoms with Gasteiger partial charge in [0.1, 0.15) is 0 Å². The summed E-state index contributed by atoms with van der Waals surface area (Å²) in [6, 6.07) is 31.3. The first-order valence-electron chi connectivity index (χ1n) is 8.08. The minimum absolute atomic E-state index is 0.969. The first-order chi connectivity index (χ1) is 11.9. The Labute approximate surface area is 141 Å². The zero-order valence-corrected chi connectivity index (χ0v) is 13.3. The van der Waals surface area contributed by atoms with E-state index in [1.54, 1.807) is 0 Å². The number of fused-ring (bicyclic) bond motifs is 1. The Kier molecular flexibility index (Phi) is 3.91. The van der Waals surface area contributed by atoms with Gasteiger partial charge in [-0.1, -0.05) is 84.9 Å². The van der Waals surface area contributed by atoms with Gasteiger partial charge in [-0.05, 0) is 34.9 Å². The molecule has 4 aromatic rings. The van der Waals surface area contributed by atoms with Gasteiger partial charge in [0.05, 0.1) is 11.2 Å². The molecule has 0 radical (unpaired) electrons. The molecule has 0 aliphatic carbocycles. The maximum atomic E-state index is 4.79. The van der Waals surface area contributed by atoms with Gasteiger partial charge in [-0.25, -0.2) is 4.98 Å². The number of benzene rings is 3. The van der Waals surface area contributed by atoms with Crippen molar-refractivity contribution in [3.05, 3.63) is 102 Å². The molecule has 0 unspecified atom stereocenters. The van der Waals surface area contributed by atoms with E-state index in [9.17, 15) is 0 Å². The molecule has 0 saturated heterocycles. The number of hydrogen-bond donors (Lipinski definition) is 0. The van der Waals surface area contributed by atoms with Gasteiger partial charge in [-0.3, -0.25) is 0 Å². The second-order valence-corrected chi connectivity index (χ2v) is 5.72. The molecule has 1 heteroatoms. The lowest BCUT2D eigenvalue weighted by atomic mass is 10.00. The quantitative estimate of drug-likeness (QED) is 0.447. The first kappa shape index (κ1) is 14.4. The summed E-state index contributed by atoms with van der Waals surface area (Å²) in [5.41, 5.74) is 5.59. The van der Waals surface area contributed by atoms with E-state index in [-0.39, 0.29) is 0 Å². The third-order valence-electron chi connectivity index (χ3n) is 4.07. The van der Waals surface area contributed by atoms with Crippen LogP contribution in [0.3, 0.4) is 0 Å². The van der Waals surface area contributed by atoms with Crippen LogP contribution in [0.5, 0.6) is 0 Å². The largest absolute Gasteiger partial charge is 0.248 e. The second-order valence-electron chi connectivity index (χ2n) is 5.72. The fourth-order valence-corrected chi connectivity index (χ4v) is 2.88. The summed E-state index contributed by atoms with van der Waals surface area (Å²) in [6.45, 7) is 0. The molecule has 1 nitrogen and oxygen atoms in total. The third kappa shape index (κ3) is 2.97. The van der Waals surface area contributed by atoms with E-state index in [0.717, 1.165) is 11.2 Å². The van der Waals surface area contributed by atoms with Crippen LogP contribution in [0.25, 0.3) is 34.2 Å². The first-order valence-corrected chi connectivity index (χ1v) is 8.08. The lowest BCUT2D eigenvalue weighted by Gasteiger charge is -2.08. The van der Waals surface area contributed by atoms with Crippen LogP contribution in [-0.4, -0.2) is 4.98 Å². The highest BCUT2D eigenvalue weighted by Crippen LogP contribution is 2.29. The van der Waals surface area contributed by atoms with Crippen LogP contribution in [0.1, 0.15) is 11.3 Å². The van der Waals surface area contributed by atoms with Crippen molar-refractivity contribution in [2.24, 2.45) is 0 Å². The van der Waals surface area contributed by atoms with Crippen LogP contribution in [-0.2, 0) is 0 Å². The molecule has 0 bridgehead atoms. The van der Waals surface area contributed by atoms with Gasteiger partial charge in [-0.2, -0.15) is 0 Å². The lowest BCUT2D eigenvalue weighted by Crippen LogP contribution is -1.88. The summed E-state index contributed by atoms with van der Waals surface area (Å²) in [4.78, 5) is 4.79. The number of pyridine rings is 1. The van der Waals surface area contributed by atoms with Gasteiger partial charge >= 0.3 is 0 Å². The molecule has 0 spiro atoms. The number of nitrogens with zero attached hydrogens (tertiary/aromatic N) is 1. The molecule has 0 aliphatic heterocycles. The standard InChI is InChI=1S/C23H17N/c1-3-9-18(10-4-1)15-16-20-17-22(19-11-5-2-6-12-19)21-13-7-8-14-23(21)24-20/h1-17H/b16-15+. The van der Waals surface area contributed by atoms with Crippen LogP contribution in [0.15, 0.2) is 91.0 Å². The van der Waals surface area contributed by atoms with E-state index in [2.05, 4.69) is 72.8 Å². The number of hydrogen-bond acceptors (Lipinski definition) is 1. The fourth-order valence-electron chi connectivity index (χ4n) is 2.88. The summed E-state index contributed by atoms with van der Waals surface area (Å²) in [5, 5.41) is 1.18. The Bertz CT molecular complexity index is 986. The molecule has 0 fully saturated rings. The molecule has 0 N–H and O–H groups in total. The number of para-hydroxylation sites is 1. The zero-order chi connectivity index (χ0) is 16.2. The van der Waals surface area contributed by atoms with Crippen molar-refractivity contribution in [2.75, 3.05) is 0 Å². The Morgan fingerprint density at radius 2 is 1.29 bits per heavy atom. The Morgan fingerprint density at radius 1 is 0.625 bits per heavy atom. The van der Waals surface area contributed by atoms with Gasteiger partial charge < -0.3 is 0 Å². The molecule has 0 amide bonds. The minimum atomic E-state index is 0.969. The van der Waals surface area contributed by atoms with Crippen molar-refractivity contribution in [3.63, 3.8) is 0 Å². The molecule has 1 heterocycles. The van der Waals surface area contributed by atoms with Crippen LogP contribution in [0, 0.1) is 0 Å². The van der Waals surface area contributed by atoms with Crippen LogP contribution in [0.2, 0.25) is 0 Å². The normalized spacial score (nSPS) is 11.2. The monoisotopic (exact) mass is 307 g/mol. The number of rotatable bonds is 3. The lowest BCUT2D eigenvalue weighted by molar-refractivity contribution is 1.37. The zero-order valence-electron chi connectivity index (χ0n) is 13.3. The van der Waals surface area contributed by atoms with E-state index in [4.69, 9.17) is 4.98 Å². The van der Waals surface area contributed by atoms with Crippen molar-refractivity contribution in [2.45, 2.75) is 0 Å². The molecule has 0 saturated carbocycles. The van der Waals surface area contributed by atoms with E-state index >= 15 is 0 Å². The summed E-state index contributed by atoms with van der Waals surface area (Å²) in [6.07, 6.45) is 4.18. The molecule has 4 rings (SSSR count). The maximum absolute atomic E-state index is 4.79. The fraction of sp³-hybridized carbons (Fsp3) is 0. The molecule has 1 aromatic heterocycles. The Hall–Kier alpha value is -3.19. The van der Waals surface area contributed by atoms with Gasteiger partial charge in [0.25, 0.3) is 0 Å². The topological polar surface area (TPSA) is 12.9 Å². The van der Waals surface area contributed by atoms with Crippen molar-refractivity contribution in [1.82, 2.24) is 4.98 Å². The molecule has 3 aromatic carbocycles. The van der Waals surface area contributed by atoms with Crippen molar-refractivity contribution in [3.8, 4) is 11.1 Å². The van der Waals surface area contributed by atoms with E-state index < -0.39 is 0 Å². The van der Waals surface area contributed by atoms with Gasteiger partial charge in [0, 0.05) is 5.39 Å². The van der Waals surface area contributed by atoms with Crippen LogP contribution >= 0.6 is 0 Å². The molecular formula is C23H17N. The minimum Gasteiger partial charge on any atom is -0.248 e. The maximum Gasteiger partial charge on any atom is 0.0715 e. The predicted octanol–water partition coefficient (Wildman–Crippen LogP) is 6.07. The second kappa shape index (κ2) is 6.51. The molecule has 0 atom stereocenters. The average Bonchev–Trinajstić information content (AvgIpc) is 2.67. The molecule has 24 heavy (non-hydrogen) atoms. The van der Waals surface area contributed by atoms with Crippen molar-refractivity contribution in [1.29, 1.82) is 0 Å². The van der Waals surface area contributed by atoms with Gasteiger partial charge in [-0.15, -0.1) is 0 Å². The van der Waals surface area contributed by atoms with Crippen molar-refractivity contribution >= 4 is 23.1 Å². The SMILES string of the molecule is C(=C\c1cc(-c2ccccc2)c2ccccc2n1)/c1ccccc1. The summed E-state index contributed by atoms with van der Waals surface area (Å²) < 4.78 is 0. The summed E-state index contributed by atoms with van der Waals surface area (Å²) in [7, 11) is 0. The summed E-state index contributed by atoms with van der Waals surface area (Å²) in [5.74, 6) is 0. The highest BCUT2D eigenvalue weighted by atomic mass is 14.7. The molecule has 0 aliphatic rings. The Morgan fingerprint density at radius 3 is 2.08 bits per heavy atom. The predicted molar refractivity (Wildman–Crippen MR) is 103 cm³/mol. The Balaban J connectivity index is 1.84. The van der Waals surface area contributed by atoms with E-state index in [1.165, 1.54) is 22.1 Å². The van der Waals surface area contributed by atoms with Crippen LogP contribution < -0.4 is 0 Å². The molecular weight excluding hydrogens is 290 g/mol. The van der Waals surface area contributed by atoms with Crippen LogP contribution in [0.4, 0.5) is 0 Å². The van der Waals surface area contributed by atoms with E-state index in [0.29, 0.717) is 0 Å². The third-order valence-corrected chi connectivity index (χ3v) is 4.07. The molecule has 114 valence electrons. The summed E-state index contributed by atoms with van der Waals surface area (Å²) >= 11 is 0. The number of aromatic nitrogens is 1. The highest BCUT2D eigenvalue weighted by molar-refractivity contribution is 5.95. The van der Waals surface area contributed by atoms with Gasteiger partial charge in [0.2, 0.25) is 0 Å². The average molecular weight is 307 g/mol.